The summed E-state index contributed by atoms with van der Waals surface area (Å²) in [6.07, 6.45) is 0.660. The van der Waals surface area contributed by atoms with Crippen molar-refractivity contribution >= 4 is 17.4 Å². The minimum atomic E-state index is -0.211. The van der Waals surface area contributed by atoms with Gasteiger partial charge in [0.1, 0.15) is 5.78 Å². The highest BCUT2D eigenvalue weighted by Gasteiger charge is 2.33. The van der Waals surface area contributed by atoms with Crippen LogP contribution in [0.3, 0.4) is 0 Å². The van der Waals surface area contributed by atoms with Crippen molar-refractivity contribution in [3.63, 3.8) is 0 Å². The number of piperidine rings is 1. The molecule has 0 radical (unpaired) electrons. The molecule has 0 bridgehead atoms. The van der Waals surface area contributed by atoms with Crippen molar-refractivity contribution in [2.75, 3.05) is 13.1 Å². The molecule has 1 aliphatic rings. The van der Waals surface area contributed by atoms with Crippen molar-refractivity contribution in [1.29, 1.82) is 0 Å². The van der Waals surface area contributed by atoms with E-state index in [1.807, 2.05) is 32.0 Å². The average molecular weight is 252 g/mol. The number of ketones is 1. The monoisotopic (exact) mass is 251 g/mol. The van der Waals surface area contributed by atoms with Crippen LogP contribution in [0.2, 0.25) is 5.02 Å². The van der Waals surface area contributed by atoms with Crippen LogP contribution in [-0.2, 0) is 11.3 Å². The number of carbonyl (C=O) groups excluding carboxylic acids is 1. The average Bonchev–Trinajstić information content (AvgIpc) is 2.23. The van der Waals surface area contributed by atoms with Crippen LogP contribution in [0.15, 0.2) is 24.3 Å². The zero-order chi connectivity index (χ0) is 12.5. The second-order valence-corrected chi connectivity index (χ2v) is 5.83. The molecule has 0 atom stereocenters. The molecule has 3 heteroatoms. The lowest BCUT2D eigenvalue weighted by atomic mass is 9.82. The number of likely N-dealkylation sites (tertiary alicyclic amines) is 1. The first-order valence-corrected chi connectivity index (χ1v) is 6.35. The Bertz CT molecular complexity index is 428. The zero-order valence-corrected chi connectivity index (χ0v) is 11.1. The Morgan fingerprint density at radius 1 is 1.41 bits per heavy atom. The number of Topliss-reactive ketones (excluding diaryl/α,β-unsaturated/α-hetero) is 1. The lowest BCUT2D eigenvalue weighted by molar-refractivity contribution is -0.131. The maximum atomic E-state index is 11.7. The van der Waals surface area contributed by atoms with Gasteiger partial charge in [0.25, 0.3) is 0 Å². The molecule has 17 heavy (non-hydrogen) atoms. The zero-order valence-electron chi connectivity index (χ0n) is 10.4. The van der Waals surface area contributed by atoms with Crippen LogP contribution in [0, 0.1) is 5.41 Å². The predicted octanol–water partition coefficient (Wildman–Crippen LogP) is 3.14. The molecule has 0 amide bonds. The topological polar surface area (TPSA) is 20.3 Å². The van der Waals surface area contributed by atoms with E-state index in [1.165, 1.54) is 5.56 Å². The quantitative estimate of drug-likeness (QED) is 0.805. The van der Waals surface area contributed by atoms with E-state index in [1.54, 1.807) is 0 Å². The van der Waals surface area contributed by atoms with Crippen molar-refractivity contribution in [3.8, 4) is 0 Å². The number of benzene rings is 1. The van der Waals surface area contributed by atoms with Crippen molar-refractivity contribution < 1.29 is 4.79 Å². The van der Waals surface area contributed by atoms with Crippen molar-refractivity contribution in [2.45, 2.75) is 26.8 Å². The van der Waals surface area contributed by atoms with Crippen LogP contribution >= 0.6 is 11.6 Å². The van der Waals surface area contributed by atoms with Crippen LogP contribution in [-0.4, -0.2) is 23.8 Å². The van der Waals surface area contributed by atoms with Crippen LogP contribution in [0.1, 0.15) is 25.8 Å². The van der Waals surface area contributed by atoms with Gasteiger partial charge in [0.15, 0.2) is 0 Å². The van der Waals surface area contributed by atoms with Gasteiger partial charge in [0.05, 0.1) is 0 Å². The highest BCUT2D eigenvalue weighted by atomic mass is 35.5. The molecule has 0 N–H and O–H groups in total. The molecule has 1 saturated heterocycles. The molecule has 0 spiro atoms. The Morgan fingerprint density at radius 3 is 2.82 bits per heavy atom. The molecule has 0 unspecified atom stereocenters. The summed E-state index contributed by atoms with van der Waals surface area (Å²) in [5, 5.41) is 0.773. The van der Waals surface area contributed by atoms with E-state index in [0.717, 1.165) is 24.7 Å². The molecule has 2 rings (SSSR count). The number of halogens is 1. The largest absolute Gasteiger partial charge is 0.299 e. The Balaban J connectivity index is 2.03. The fourth-order valence-corrected chi connectivity index (χ4v) is 2.57. The molecule has 1 aromatic rings. The number of hydrogen-bond acceptors (Lipinski definition) is 2. The number of carbonyl (C=O) groups is 1. The first-order valence-electron chi connectivity index (χ1n) is 5.97. The lowest BCUT2D eigenvalue weighted by Gasteiger charge is -2.36. The summed E-state index contributed by atoms with van der Waals surface area (Å²) >= 11 is 5.97. The van der Waals surface area contributed by atoms with Crippen LogP contribution in [0.4, 0.5) is 0 Å². The van der Waals surface area contributed by atoms with E-state index in [9.17, 15) is 4.79 Å². The fourth-order valence-electron chi connectivity index (χ4n) is 2.35. The molecule has 1 aliphatic heterocycles. The highest BCUT2D eigenvalue weighted by Crippen LogP contribution is 2.26. The standard InChI is InChI=1S/C14H18ClNO/c1-14(2)10-16(7-6-13(14)17)9-11-4-3-5-12(15)8-11/h3-5,8H,6-7,9-10H2,1-2H3. The summed E-state index contributed by atoms with van der Waals surface area (Å²) < 4.78 is 0. The molecular weight excluding hydrogens is 234 g/mol. The second-order valence-electron chi connectivity index (χ2n) is 5.40. The predicted molar refractivity (Wildman–Crippen MR) is 70.1 cm³/mol. The van der Waals surface area contributed by atoms with Gasteiger partial charge < -0.3 is 0 Å². The van der Waals surface area contributed by atoms with Gasteiger partial charge in [-0.05, 0) is 17.7 Å². The molecular formula is C14H18ClNO. The summed E-state index contributed by atoms with van der Waals surface area (Å²) in [4.78, 5) is 14.0. The Morgan fingerprint density at radius 2 is 2.18 bits per heavy atom. The lowest BCUT2D eigenvalue weighted by Crippen LogP contribution is -2.45. The fraction of sp³-hybridized carbons (Fsp3) is 0.500. The van der Waals surface area contributed by atoms with Gasteiger partial charge in [-0.3, -0.25) is 9.69 Å². The molecule has 0 aliphatic carbocycles. The van der Waals surface area contributed by atoms with Crippen LogP contribution in [0.25, 0.3) is 0 Å². The van der Waals surface area contributed by atoms with Gasteiger partial charge in [0, 0.05) is 36.5 Å². The summed E-state index contributed by atoms with van der Waals surface area (Å²) in [5.41, 5.74) is 0.999. The highest BCUT2D eigenvalue weighted by molar-refractivity contribution is 6.30. The van der Waals surface area contributed by atoms with E-state index in [-0.39, 0.29) is 5.41 Å². The van der Waals surface area contributed by atoms with Gasteiger partial charge in [-0.1, -0.05) is 37.6 Å². The van der Waals surface area contributed by atoms with Crippen LogP contribution < -0.4 is 0 Å². The van der Waals surface area contributed by atoms with E-state index >= 15 is 0 Å². The molecule has 2 nitrogen and oxygen atoms in total. The Labute approximate surface area is 108 Å². The van der Waals surface area contributed by atoms with E-state index in [2.05, 4.69) is 11.0 Å². The second kappa shape index (κ2) is 4.79. The van der Waals surface area contributed by atoms with Crippen molar-refractivity contribution in [1.82, 2.24) is 4.90 Å². The van der Waals surface area contributed by atoms with Gasteiger partial charge in [-0.25, -0.2) is 0 Å². The third kappa shape index (κ3) is 3.08. The third-order valence-electron chi connectivity index (χ3n) is 3.32. The first-order chi connectivity index (χ1) is 7.97. The third-order valence-corrected chi connectivity index (χ3v) is 3.56. The number of nitrogens with zero attached hydrogens (tertiary/aromatic N) is 1. The molecule has 92 valence electrons. The van der Waals surface area contributed by atoms with E-state index in [4.69, 9.17) is 11.6 Å². The molecule has 1 aromatic carbocycles. The van der Waals surface area contributed by atoms with Gasteiger partial charge >= 0.3 is 0 Å². The molecule has 0 aromatic heterocycles. The summed E-state index contributed by atoms with van der Waals surface area (Å²) in [6.45, 7) is 6.61. The van der Waals surface area contributed by atoms with Crippen LogP contribution in [0.5, 0.6) is 0 Å². The maximum absolute atomic E-state index is 11.7. The van der Waals surface area contributed by atoms with Crippen molar-refractivity contribution in [3.05, 3.63) is 34.9 Å². The molecule has 1 fully saturated rings. The SMILES string of the molecule is CC1(C)CN(Cc2cccc(Cl)c2)CCC1=O. The maximum Gasteiger partial charge on any atom is 0.141 e. The number of hydrogen-bond donors (Lipinski definition) is 0. The Hall–Kier alpha value is -0.860. The normalized spacial score (nSPS) is 20.5. The van der Waals surface area contributed by atoms with E-state index < -0.39 is 0 Å². The summed E-state index contributed by atoms with van der Waals surface area (Å²) in [5.74, 6) is 0.375. The summed E-state index contributed by atoms with van der Waals surface area (Å²) in [6, 6.07) is 7.92. The number of rotatable bonds is 2. The minimum absolute atomic E-state index is 0.211. The van der Waals surface area contributed by atoms with Gasteiger partial charge in [-0.2, -0.15) is 0 Å². The minimum Gasteiger partial charge on any atom is -0.299 e. The molecule has 0 saturated carbocycles. The van der Waals surface area contributed by atoms with Gasteiger partial charge in [0.2, 0.25) is 0 Å². The Kier molecular flexibility index (Phi) is 3.55. The first kappa shape index (κ1) is 12.6. The molecule has 1 heterocycles. The van der Waals surface area contributed by atoms with Crippen molar-refractivity contribution in [2.24, 2.45) is 5.41 Å². The smallest absolute Gasteiger partial charge is 0.141 e. The van der Waals surface area contributed by atoms with E-state index in [0.29, 0.717) is 12.2 Å². The van der Waals surface area contributed by atoms with Gasteiger partial charge in [-0.15, -0.1) is 0 Å². The summed E-state index contributed by atoms with van der Waals surface area (Å²) in [7, 11) is 0.